The van der Waals surface area contributed by atoms with Gasteiger partial charge >= 0.3 is 0 Å². The van der Waals surface area contributed by atoms with Crippen LogP contribution >= 0.6 is 0 Å². The predicted molar refractivity (Wildman–Crippen MR) is 112 cm³/mol. The van der Waals surface area contributed by atoms with E-state index >= 15 is 0 Å². The topological polar surface area (TPSA) is 34.5 Å². The number of hydrogen-bond donors (Lipinski definition) is 0. The van der Waals surface area contributed by atoms with Gasteiger partial charge in [-0.2, -0.15) is 3.97 Å². The number of benzene rings is 2. The third kappa shape index (κ3) is 3.57. The summed E-state index contributed by atoms with van der Waals surface area (Å²) in [5.74, 6) is -0.513. The van der Waals surface area contributed by atoms with Crippen LogP contribution in [0.4, 0.5) is 18.9 Å². The molecule has 0 bridgehead atoms. The first kappa shape index (κ1) is 19.8. The van der Waals surface area contributed by atoms with Gasteiger partial charge in [0, 0.05) is 49.4 Å². The zero-order valence-electron chi connectivity index (χ0n) is 16.3. The molecule has 0 radical (unpaired) electrons. The van der Waals surface area contributed by atoms with Gasteiger partial charge in [0.15, 0.2) is 4.90 Å². The zero-order chi connectivity index (χ0) is 20.8. The molecule has 1 aliphatic carbocycles. The van der Waals surface area contributed by atoms with Crippen molar-refractivity contribution in [2.75, 3.05) is 31.1 Å². The Morgan fingerprint density at radius 2 is 1.73 bits per heavy atom. The average Bonchev–Trinajstić information content (AvgIpc) is 3.53. The Bertz CT molecular complexity index is 1060. The number of hydrogen-bond acceptors (Lipinski definition) is 3. The summed E-state index contributed by atoms with van der Waals surface area (Å²) in [5.41, 5.74) is 1.07. The molecule has 1 unspecified atom stereocenters. The quantitative estimate of drug-likeness (QED) is 0.553. The first-order valence-corrected chi connectivity index (χ1v) is 11.2. The highest BCUT2D eigenvalue weighted by Gasteiger charge is 2.32. The highest BCUT2D eigenvalue weighted by Crippen LogP contribution is 2.39. The number of aromatic nitrogens is 1. The SMILES string of the molecule is [O-][S+](c1cccc(F)c1)n1cc(C(F)F)c2c(N3CCN(C4CC4)CC3)cccc21. The second-order valence-electron chi connectivity index (χ2n) is 7.84. The van der Waals surface area contributed by atoms with E-state index in [0.29, 0.717) is 16.9 Å². The van der Waals surface area contributed by atoms with E-state index in [2.05, 4.69) is 9.80 Å². The molecule has 2 heterocycles. The fraction of sp³-hybridized carbons (Fsp3) is 0.364. The zero-order valence-corrected chi connectivity index (χ0v) is 17.1. The van der Waals surface area contributed by atoms with Gasteiger partial charge in [-0.05, 0) is 37.1 Å². The molecule has 30 heavy (non-hydrogen) atoms. The molecule has 1 saturated heterocycles. The maximum atomic E-state index is 14.0. The summed E-state index contributed by atoms with van der Waals surface area (Å²) in [7, 11) is 0. The Hall–Kier alpha value is -2.16. The van der Waals surface area contributed by atoms with Gasteiger partial charge in [-0.15, -0.1) is 0 Å². The molecular formula is C22H22F3N3OS. The van der Waals surface area contributed by atoms with Gasteiger partial charge in [-0.3, -0.25) is 4.90 Å². The van der Waals surface area contributed by atoms with E-state index in [9.17, 15) is 17.7 Å². The molecule has 2 aromatic carbocycles. The molecule has 1 saturated carbocycles. The highest BCUT2D eigenvalue weighted by atomic mass is 32.2. The summed E-state index contributed by atoms with van der Waals surface area (Å²) in [5, 5.41) is 0.428. The first-order valence-electron chi connectivity index (χ1n) is 10.1. The van der Waals surface area contributed by atoms with Gasteiger partial charge in [0.25, 0.3) is 6.43 Å². The molecule has 0 spiro atoms. The van der Waals surface area contributed by atoms with Crippen molar-refractivity contribution in [3.05, 3.63) is 60.0 Å². The molecule has 1 aromatic heterocycles. The number of anilines is 1. The lowest BCUT2D eigenvalue weighted by Crippen LogP contribution is -2.47. The van der Waals surface area contributed by atoms with E-state index in [1.807, 2.05) is 6.07 Å². The Morgan fingerprint density at radius 1 is 1.00 bits per heavy atom. The molecule has 4 nitrogen and oxygen atoms in total. The second kappa shape index (κ2) is 7.83. The number of halogens is 3. The fourth-order valence-electron chi connectivity index (χ4n) is 4.29. The Labute approximate surface area is 176 Å². The molecule has 5 rings (SSSR count). The Morgan fingerprint density at radius 3 is 2.40 bits per heavy atom. The number of alkyl halides is 2. The summed E-state index contributed by atoms with van der Waals surface area (Å²) in [4.78, 5) is 4.84. The standard InChI is InChI=1S/C22H22F3N3OS/c23-15-3-1-4-17(13-15)30(29)28-14-18(22(24)25)21-19(5-2-6-20(21)28)27-11-9-26(10-12-27)16-7-8-16/h1-6,13-14,16,22H,7-12H2. The number of fused-ring (bicyclic) bond motifs is 1. The monoisotopic (exact) mass is 433 g/mol. The van der Waals surface area contributed by atoms with E-state index in [4.69, 9.17) is 0 Å². The van der Waals surface area contributed by atoms with Crippen LogP contribution in [0.15, 0.2) is 53.6 Å². The third-order valence-corrected chi connectivity index (χ3v) is 7.25. The summed E-state index contributed by atoms with van der Waals surface area (Å²) in [6, 6.07) is 11.5. The maximum absolute atomic E-state index is 14.0. The van der Waals surface area contributed by atoms with Gasteiger partial charge in [0.05, 0.1) is 11.8 Å². The Kier molecular flexibility index (Phi) is 5.16. The van der Waals surface area contributed by atoms with Crippen LogP contribution in [0, 0.1) is 5.82 Å². The molecule has 8 heteroatoms. The van der Waals surface area contributed by atoms with Crippen LogP contribution in [0.25, 0.3) is 10.9 Å². The van der Waals surface area contributed by atoms with Gasteiger partial charge in [0.1, 0.15) is 22.7 Å². The summed E-state index contributed by atoms with van der Waals surface area (Å²) in [6.45, 7) is 3.38. The second-order valence-corrected chi connectivity index (χ2v) is 9.21. The largest absolute Gasteiger partial charge is 0.587 e. The van der Waals surface area contributed by atoms with Crippen LogP contribution in [0.3, 0.4) is 0 Å². The van der Waals surface area contributed by atoms with Crippen molar-refractivity contribution in [2.45, 2.75) is 30.2 Å². The van der Waals surface area contributed by atoms with E-state index in [1.54, 1.807) is 12.1 Å². The van der Waals surface area contributed by atoms with Crippen LogP contribution in [0.5, 0.6) is 0 Å². The van der Waals surface area contributed by atoms with Crippen molar-refractivity contribution in [1.82, 2.24) is 8.87 Å². The van der Waals surface area contributed by atoms with E-state index < -0.39 is 23.6 Å². The van der Waals surface area contributed by atoms with Crippen molar-refractivity contribution in [3.8, 4) is 0 Å². The number of piperazine rings is 1. The minimum Gasteiger partial charge on any atom is -0.587 e. The molecular weight excluding hydrogens is 411 g/mol. The molecule has 1 aliphatic heterocycles. The molecule has 3 aromatic rings. The van der Waals surface area contributed by atoms with Crippen LogP contribution < -0.4 is 4.90 Å². The van der Waals surface area contributed by atoms with Crippen LogP contribution in [-0.4, -0.2) is 45.6 Å². The van der Waals surface area contributed by atoms with Crippen molar-refractivity contribution < 1.29 is 17.7 Å². The van der Waals surface area contributed by atoms with Crippen LogP contribution in [-0.2, 0) is 11.4 Å². The van der Waals surface area contributed by atoms with Crippen molar-refractivity contribution in [3.63, 3.8) is 0 Å². The predicted octanol–water partition coefficient (Wildman–Crippen LogP) is 4.57. The minimum absolute atomic E-state index is 0.144. The van der Waals surface area contributed by atoms with Gasteiger partial charge in [0.2, 0.25) is 0 Å². The van der Waals surface area contributed by atoms with E-state index in [0.717, 1.165) is 31.9 Å². The van der Waals surface area contributed by atoms with Crippen molar-refractivity contribution in [2.24, 2.45) is 0 Å². The van der Waals surface area contributed by atoms with Crippen LogP contribution in [0.1, 0.15) is 24.8 Å². The lowest BCUT2D eigenvalue weighted by Gasteiger charge is -2.36. The summed E-state index contributed by atoms with van der Waals surface area (Å²) < 4.78 is 56.0. The summed E-state index contributed by atoms with van der Waals surface area (Å²) in [6.07, 6.45) is 1.05. The van der Waals surface area contributed by atoms with Crippen molar-refractivity contribution >= 4 is 28.0 Å². The first-order chi connectivity index (χ1) is 14.5. The lowest BCUT2D eigenvalue weighted by molar-refractivity contribution is 0.153. The summed E-state index contributed by atoms with van der Waals surface area (Å²) >= 11 is -1.83. The lowest BCUT2D eigenvalue weighted by atomic mass is 10.1. The molecule has 2 fully saturated rings. The fourth-order valence-corrected chi connectivity index (χ4v) is 5.47. The normalized spacial score (nSPS) is 19.0. The smallest absolute Gasteiger partial charge is 0.266 e. The average molecular weight is 433 g/mol. The number of nitrogens with zero attached hydrogens (tertiary/aromatic N) is 3. The van der Waals surface area contributed by atoms with Gasteiger partial charge in [-0.1, -0.05) is 12.1 Å². The van der Waals surface area contributed by atoms with Gasteiger partial charge < -0.3 is 9.45 Å². The molecule has 0 N–H and O–H groups in total. The molecule has 2 aliphatic rings. The van der Waals surface area contributed by atoms with Crippen LogP contribution in [0.2, 0.25) is 0 Å². The molecule has 158 valence electrons. The minimum atomic E-state index is -2.70. The molecule has 0 amide bonds. The molecule has 1 atom stereocenters. The third-order valence-electron chi connectivity index (χ3n) is 5.93. The Balaban J connectivity index is 1.55. The van der Waals surface area contributed by atoms with E-state index in [-0.39, 0.29) is 10.5 Å². The highest BCUT2D eigenvalue weighted by molar-refractivity contribution is 7.90. The van der Waals surface area contributed by atoms with E-state index in [1.165, 1.54) is 47.3 Å². The maximum Gasteiger partial charge on any atom is 0.266 e. The van der Waals surface area contributed by atoms with Crippen molar-refractivity contribution in [1.29, 1.82) is 0 Å². The number of rotatable bonds is 5. The van der Waals surface area contributed by atoms with Gasteiger partial charge in [-0.25, -0.2) is 13.2 Å².